The highest BCUT2D eigenvalue weighted by molar-refractivity contribution is 5.42. The van der Waals surface area contributed by atoms with Crippen molar-refractivity contribution < 1.29 is 9.47 Å². The molecule has 0 fully saturated rings. The predicted molar refractivity (Wildman–Crippen MR) is 79.1 cm³/mol. The molecule has 0 heterocycles. The van der Waals surface area contributed by atoms with E-state index in [-0.39, 0.29) is 6.04 Å². The van der Waals surface area contributed by atoms with Gasteiger partial charge in [-0.05, 0) is 46.6 Å². The molecule has 0 aliphatic carbocycles. The number of nitrogens with zero attached hydrogens (tertiary/aromatic N) is 1. The van der Waals surface area contributed by atoms with E-state index in [4.69, 9.17) is 9.47 Å². The summed E-state index contributed by atoms with van der Waals surface area (Å²) in [6.07, 6.45) is 1.13. The lowest BCUT2D eigenvalue weighted by Gasteiger charge is -2.18. The van der Waals surface area contributed by atoms with Gasteiger partial charge in [-0.25, -0.2) is 0 Å². The SMILES string of the molecule is COc1ccc(C(C)NCCCN(C)C)c(OC)c1. The van der Waals surface area contributed by atoms with Crippen LogP contribution < -0.4 is 14.8 Å². The molecule has 0 aliphatic heterocycles. The molecule has 0 bridgehead atoms. The number of methoxy groups -OCH3 is 2. The molecular weight excluding hydrogens is 240 g/mol. The van der Waals surface area contributed by atoms with Crippen LogP contribution in [0, 0.1) is 0 Å². The number of nitrogens with one attached hydrogen (secondary N) is 1. The highest BCUT2D eigenvalue weighted by Gasteiger charge is 2.11. The molecule has 1 aromatic rings. The van der Waals surface area contributed by atoms with Crippen LogP contribution >= 0.6 is 0 Å². The van der Waals surface area contributed by atoms with E-state index >= 15 is 0 Å². The fraction of sp³-hybridized carbons (Fsp3) is 0.600. The highest BCUT2D eigenvalue weighted by atomic mass is 16.5. The molecule has 0 saturated heterocycles. The van der Waals surface area contributed by atoms with Gasteiger partial charge in [0.25, 0.3) is 0 Å². The Morgan fingerprint density at radius 2 is 1.95 bits per heavy atom. The second-order valence-corrected chi connectivity index (χ2v) is 4.94. The zero-order valence-corrected chi connectivity index (χ0v) is 12.7. The molecule has 1 atom stereocenters. The summed E-state index contributed by atoms with van der Waals surface area (Å²) >= 11 is 0. The molecule has 4 heteroatoms. The van der Waals surface area contributed by atoms with Gasteiger partial charge in [0.15, 0.2) is 0 Å². The van der Waals surface area contributed by atoms with Crippen LogP contribution in [-0.4, -0.2) is 46.3 Å². The van der Waals surface area contributed by atoms with E-state index in [1.54, 1.807) is 14.2 Å². The Morgan fingerprint density at radius 1 is 1.21 bits per heavy atom. The fourth-order valence-electron chi connectivity index (χ4n) is 2.00. The average molecular weight is 266 g/mol. The smallest absolute Gasteiger partial charge is 0.127 e. The van der Waals surface area contributed by atoms with Crippen LogP contribution in [0.4, 0.5) is 0 Å². The third kappa shape index (κ3) is 5.09. The molecule has 1 aromatic carbocycles. The van der Waals surface area contributed by atoms with Gasteiger partial charge in [0.05, 0.1) is 14.2 Å². The summed E-state index contributed by atoms with van der Waals surface area (Å²) in [6.45, 7) is 4.24. The van der Waals surface area contributed by atoms with Gasteiger partial charge < -0.3 is 19.7 Å². The van der Waals surface area contributed by atoms with E-state index < -0.39 is 0 Å². The van der Waals surface area contributed by atoms with Gasteiger partial charge in [0.2, 0.25) is 0 Å². The first-order chi connectivity index (χ1) is 9.08. The third-order valence-corrected chi connectivity index (χ3v) is 3.14. The zero-order valence-electron chi connectivity index (χ0n) is 12.7. The Bertz CT molecular complexity index is 380. The second kappa shape index (κ2) is 8.02. The first-order valence-electron chi connectivity index (χ1n) is 6.68. The van der Waals surface area contributed by atoms with Crippen molar-refractivity contribution in [3.05, 3.63) is 23.8 Å². The van der Waals surface area contributed by atoms with Crippen molar-refractivity contribution in [2.45, 2.75) is 19.4 Å². The van der Waals surface area contributed by atoms with Crippen molar-refractivity contribution in [1.82, 2.24) is 10.2 Å². The number of ether oxygens (including phenoxy) is 2. The van der Waals surface area contributed by atoms with Crippen molar-refractivity contribution in [3.8, 4) is 11.5 Å². The van der Waals surface area contributed by atoms with Crippen LogP contribution in [0.1, 0.15) is 24.9 Å². The largest absolute Gasteiger partial charge is 0.497 e. The van der Waals surface area contributed by atoms with Gasteiger partial charge in [0.1, 0.15) is 11.5 Å². The topological polar surface area (TPSA) is 33.7 Å². The van der Waals surface area contributed by atoms with Crippen molar-refractivity contribution in [3.63, 3.8) is 0 Å². The number of hydrogen-bond acceptors (Lipinski definition) is 4. The van der Waals surface area contributed by atoms with E-state index in [2.05, 4.69) is 37.3 Å². The molecule has 0 aromatic heterocycles. The van der Waals surface area contributed by atoms with Crippen LogP contribution in [0.5, 0.6) is 11.5 Å². The maximum Gasteiger partial charge on any atom is 0.127 e. The van der Waals surface area contributed by atoms with Crippen LogP contribution in [0.3, 0.4) is 0 Å². The van der Waals surface area contributed by atoms with Crippen LogP contribution in [0.2, 0.25) is 0 Å². The summed E-state index contributed by atoms with van der Waals surface area (Å²) in [6, 6.07) is 6.22. The van der Waals surface area contributed by atoms with E-state index in [9.17, 15) is 0 Å². The van der Waals surface area contributed by atoms with Crippen molar-refractivity contribution in [2.75, 3.05) is 41.4 Å². The Hall–Kier alpha value is -1.26. The molecule has 0 spiro atoms. The summed E-state index contributed by atoms with van der Waals surface area (Å²) in [5.41, 5.74) is 1.16. The molecule has 4 nitrogen and oxygen atoms in total. The molecule has 1 N–H and O–H groups in total. The predicted octanol–water partition coefficient (Wildman–Crippen LogP) is 2.31. The maximum absolute atomic E-state index is 5.43. The van der Waals surface area contributed by atoms with Gasteiger partial charge in [-0.1, -0.05) is 6.07 Å². The van der Waals surface area contributed by atoms with Gasteiger partial charge >= 0.3 is 0 Å². The van der Waals surface area contributed by atoms with E-state index in [0.29, 0.717) is 0 Å². The summed E-state index contributed by atoms with van der Waals surface area (Å²) in [5.74, 6) is 1.69. The number of hydrogen-bond donors (Lipinski definition) is 1. The molecule has 0 radical (unpaired) electrons. The average Bonchev–Trinajstić information content (AvgIpc) is 2.42. The Kier molecular flexibility index (Phi) is 6.67. The van der Waals surface area contributed by atoms with Gasteiger partial charge in [-0.15, -0.1) is 0 Å². The molecule has 1 rings (SSSR count). The Labute approximate surface area is 116 Å². The minimum Gasteiger partial charge on any atom is -0.497 e. The molecule has 108 valence electrons. The quantitative estimate of drug-likeness (QED) is 0.732. The second-order valence-electron chi connectivity index (χ2n) is 4.94. The van der Waals surface area contributed by atoms with Crippen molar-refractivity contribution in [1.29, 1.82) is 0 Å². The molecule has 0 amide bonds. The summed E-state index contributed by atoms with van der Waals surface area (Å²) < 4.78 is 10.6. The lowest BCUT2D eigenvalue weighted by atomic mass is 10.1. The molecule has 19 heavy (non-hydrogen) atoms. The Balaban J connectivity index is 2.58. The van der Waals surface area contributed by atoms with Crippen molar-refractivity contribution in [2.24, 2.45) is 0 Å². The van der Waals surface area contributed by atoms with Crippen molar-refractivity contribution >= 4 is 0 Å². The normalized spacial score (nSPS) is 12.5. The lowest BCUT2D eigenvalue weighted by molar-refractivity contribution is 0.377. The van der Waals surface area contributed by atoms with Crippen LogP contribution in [0.15, 0.2) is 18.2 Å². The summed E-state index contributed by atoms with van der Waals surface area (Å²) in [5, 5.41) is 3.52. The van der Waals surface area contributed by atoms with E-state index in [1.807, 2.05) is 12.1 Å². The molecule has 0 saturated carbocycles. The van der Waals surface area contributed by atoms with Crippen LogP contribution in [0.25, 0.3) is 0 Å². The standard InChI is InChI=1S/C15H26N2O2/c1-12(16-9-6-10-17(2)3)14-8-7-13(18-4)11-15(14)19-5/h7-8,11-12,16H,6,9-10H2,1-5H3. The molecular formula is C15H26N2O2. The number of benzene rings is 1. The maximum atomic E-state index is 5.43. The lowest BCUT2D eigenvalue weighted by Crippen LogP contribution is -2.24. The third-order valence-electron chi connectivity index (χ3n) is 3.14. The number of rotatable bonds is 8. The Morgan fingerprint density at radius 3 is 2.53 bits per heavy atom. The first-order valence-corrected chi connectivity index (χ1v) is 6.68. The first kappa shape index (κ1) is 15.8. The summed E-state index contributed by atoms with van der Waals surface area (Å²) in [7, 11) is 7.54. The minimum atomic E-state index is 0.267. The van der Waals surface area contributed by atoms with Gasteiger partial charge in [-0.2, -0.15) is 0 Å². The van der Waals surface area contributed by atoms with E-state index in [0.717, 1.165) is 36.6 Å². The van der Waals surface area contributed by atoms with Gasteiger partial charge in [0, 0.05) is 17.7 Å². The highest BCUT2D eigenvalue weighted by Crippen LogP contribution is 2.29. The zero-order chi connectivity index (χ0) is 14.3. The van der Waals surface area contributed by atoms with Crippen LogP contribution in [-0.2, 0) is 0 Å². The monoisotopic (exact) mass is 266 g/mol. The van der Waals surface area contributed by atoms with Gasteiger partial charge in [-0.3, -0.25) is 0 Å². The van der Waals surface area contributed by atoms with E-state index in [1.165, 1.54) is 0 Å². The molecule has 0 aliphatic rings. The molecule has 1 unspecified atom stereocenters. The minimum absolute atomic E-state index is 0.267. The fourth-order valence-corrected chi connectivity index (χ4v) is 2.00. The summed E-state index contributed by atoms with van der Waals surface area (Å²) in [4.78, 5) is 2.19.